The largest absolute Gasteiger partial charge is 0.573 e. The van der Waals surface area contributed by atoms with Crippen molar-refractivity contribution in [1.29, 1.82) is 0 Å². The number of carbonyl (C=O) groups excluding carboxylic acids is 1. The van der Waals surface area contributed by atoms with Crippen LogP contribution in [-0.4, -0.2) is 30.6 Å². The summed E-state index contributed by atoms with van der Waals surface area (Å²) in [4.78, 5) is 12.2. The SMILES string of the molecule is NCCNc1cc(NC(=O)Nc2cc(F)ccc2CO)cc(OC(F)(F)F)c1. The number of aliphatic hydroxyl groups is 1. The second-order valence-corrected chi connectivity index (χ2v) is 5.55. The van der Waals surface area contributed by atoms with E-state index in [4.69, 9.17) is 5.73 Å². The molecule has 0 fully saturated rings. The monoisotopic (exact) mass is 402 g/mol. The Kier molecular flexibility index (Phi) is 7.01. The Morgan fingerprint density at radius 1 is 1.11 bits per heavy atom. The first-order valence-corrected chi connectivity index (χ1v) is 8.02. The Labute approximate surface area is 157 Å². The summed E-state index contributed by atoms with van der Waals surface area (Å²) in [7, 11) is 0. The van der Waals surface area contributed by atoms with Gasteiger partial charge in [0.1, 0.15) is 11.6 Å². The maximum Gasteiger partial charge on any atom is 0.573 e. The third-order valence-corrected chi connectivity index (χ3v) is 3.36. The summed E-state index contributed by atoms with van der Waals surface area (Å²) in [6, 6.07) is 6.00. The minimum atomic E-state index is -4.91. The van der Waals surface area contributed by atoms with Gasteiger partial charge in [-0.2, -0.15) is 0 Å². The molecule has 2 amide bonds. The third kappa shape index (κ3) is 6.59. The highest BCUT2D eigenvalue weighted by Gasteiger charge is 2.31. The second-order valence-electron chi connectivity index (χ2n) is 5.55. The first kappa shape index (κ1) is 21.3. The average Bonchev–Trinajstić information content (AvgIpc) is 2.58. The Bertz CT molecular complexity index is 831. The van der Waals surface area contributed by atoms with Crippen LogP contribution in [0.3, 0.4) is 0 Å². The zero-order valence-corrected chi connectivity index (χ0v) is 14.4. The van der Waals surface area contributed by atoms with Crippen molar-refractivity contribution in [1.82, 2.24) is 0 Å². The standard InChI is InChI=1S/C17H18F4N4O3/c18-11-2-1-10(9-26)15(5-11)25-16(27)24-13-6-12(23-4-3-22)7-14(8-13)28-17(19,20)21/h1-2,5-8,23,26H,3-4,9,22H2,(H2,24,25,27). The number of carbonyl (C=O) groups is 1. The molecule has 0 unspecified atom stereocenters. The van der Waals surface area contributed by atoms with E-state index < -0.39 is 30.6 Å². The fraction of sp³-hybridized carbons (Fsp3) is 0.235. The van der Waals surface area contributed by atoms with Crippen LogP contribution in [-0.2, 0) is 6.61 Å². The molecule has 0 spiro atoms. The summed E-state index contributed by atoms with van der Waals surface area (Å²) in [6.45, 7) is 0.0688. The molecule has 2 aromatic carbocycles. The van der Waals surface area contributed by atoms with Crippen molar-refractivity contribution in [2.45, 2.75) is 13.0 Å². The number of benzene rings is 2. The highest BCUT2D eigenvalue weighted by Crippen LogP contribution is 2.29. The number of ether oxygens (including phenoxy) is 1. The van der Waals surface area contributed by atoms with Crippen LogP contribution in [0.25, 0.3) is 0 Å². The van der Waals surface area contributed by atoms with Crippen LogP contribution in [0.5, 0.6) is 5.75 Å². The number of hydrogen-bond donors (Lipinski definition) is 5. The molecule has 2 aromatic rings. The first-order valence-electron chi connectivity index (χ1n) is 8.02. The van der Waals surface area contributed by atoms with Crippen LogP contribution >= 0.6 is 0 Å². The number of amides is 2. The maximum atomic E-state index is 13.3. The molecule has 11 heteroatoms. The van der Waals surface area contributed by atoms with Crippen molar-refractivity contribution < 1.29 is 32.2 Å². The number of nitrogens with two attached hydrogens (primary N) is 1. The van der Waals surface area contributed by atoms with Crippen molar-refractivity contribution in [2.24, 2.45) is 5.73 Å². The molecular formula is C17H18F4N4O3. The van der Waals surface area contributed by atoms with Crippen LogP contribution in [0.4, 0.5) is 39.4 Å². The number of anilines is 3. The van der Waals surface area contributed by atoms with Gasteiger partial charge in [0.25, 0.3) is 0 Å². The molecule has 0 atom stereocenters. The van der Waals surface area contributed by atoms with E-state index in [9.17, 15) is 27.5 Å². The fourth-order valence-corrected chi connectivity index (χ4v) is 2.27. The van der Waals surface area contributed by atoms with Gasteiger partial charge in [-0.05, 0) is 18.2 Å². The Morgan fingerprint density at radius 2 is 1.82 bits per heavy atom. The molecule has 152 valence electrons. The van der Waals surface area contributed by atoms with E-state index in [2.05, 4.69) is 20.7 Å². The first-order chi connectivity index (χ1) is 13.2. The predicted octanol–water partition coefficient (Wildman–Crippen LogP) is 3.23. The normalized spacial score (nSPS) is 11.1. The van der Waals surface area contributed by atoms with Crippen molar-refractivity contribution in [3.8, 4) is 5.75 Å². The highest BCUT2D eigenvalue weighted by atomic mass is 19.4. The minimum Gasteiger partial charge on any atom is -0.406 e. The van der Waals surface area contributed by atoms with Gasteiger partial charge in [-0.15, -0.1) is 13.2 Å². The Morgan fingerprint density at radius 3 is 2.46 bits per heavy atom. The van der Waals surface area contributed by atoms with Crippen molar-refractivity contribution in [3.05, 3.63) is 47.8 Å². The number of nitrogens with one attached hydrogen (secondary N) is 3. The Balaban J connectivity index is 2.20. The summed E-state index contributed by atoms with van der Waals surface area (Å²) in [5.41, 5.74) is 5.86. The maximum absolute atomic E-state index is 13.3. The second kappa shape index (κ2) is 9.24. The van der Waals surface area contributed by atoms with Gasteiger partial charge in [0.05, 0.1) is 12.3 Å². The van der Waals surface area contributed by atoms with Crippen molar-refractivity contribution in [2.75, 3.05) is 29.0 Å². The van der Waals surface area contributed by atoms with Crippen LogP contribution in [0.15, 0.2) is 36.4 Å². The van der Waals surface area contributed by atoms with Crippen LogP contribution < -0.4 is 26.4 Å². The molecule has 0 saturated heterocycles. The molecule has 6 N–H and O–H groups in total. The molecule has 0 aliphatic carbocycles. The molecule has 0 bridgehead atoms. The van der Waals surface area contributed by atoms with E-state index in [1.807, 2.05) is 0 Å². The third-order valence-electron chi connectivity index (χ3n) is 3.36. The zero-order chi connectivity index (χ0) is 20.7. The van der Waals surface area contributed by atoms with Gasteiger partial charge in [-0.25, -0.2) is 9.18 Å². The van der Waals surface area contributed by atoms with E-state index in [-0.39, 0.29) is 35.7 Å². The van der Waals surface area contributed by atoms with Gasteiger partial charge < -0.3 is 31.5 Å². The minimum absolute atomic E-state index is 0.0132. The number of aliphatic hydroxyl groups excluding tert-OH is 1. The molecule has 0 aromatic heterocycles. The van der Waals surface area contributed by atoms with Gasteiger partial charge >= 0.3 is 12.4 Å². The fourth-order valence-electron chi connectivity index (χ4n) is 2.27. The number of rotatable bonds is 7. The quantitative estimate of drug-likeness (QED) is 0.457. The Hall–Kier alpha value is -3.05. The van der Waals surface area contributed by atoms with Crippen molar-refractivity contribution in [3.63, 3.8) is 0 Å². The highest BCUT2D eigenvalue weighted by molar-refractivity contribution is 6.00. The lowest BCUT2D eigenvalue weighted by molar-refractivity contribution is -0.274. The van der Waals surface area contributed by atoms with E-state index >= 15 is 0 Å². The van der Waals surface area contributed by atoms with E-state index in [1.54, 1.807) is 0 Å². The lowest BCUT2D eigenvalue weighted by atomic mass is 10.2. The number of hydrogen-bond acceptors (Lipinski definition) is 5. The van der Waals surface area contributed by atoms with Gasteiger partial charge in [-0.1, -0.05) is 6.07 Å². The molecular weight excluding hydrogens is 384 g/mol. The molecule has 0 aliphatic heterocycles. The predicted molar refractivity (Wildman–Crippen MR) is 95.6 cm³/mol. The number of halogens is 4. The summed E-state index contributed by atoms with van der Waals surface area (Å²) < 4.78 is 54.8. The lowest BCUT2D eigenvalue weighted by Gasteiger charge is -2.15. The molecule has 7 nitrogen and oxygen atoms in total. The molecule has 0 radical (unpaired) electrons. The number of alkyl halides is 3. The number of urea groups is 1. The molecule has 0 saturated carbocycles. The zero-order valence-electron chi connectivity index (χ0n) is 14.4. The average molecular weight is 402 g/mol. The van der Waals surface area contributed by atoms with Crippen LogP contribution in [0.1, 0.15) is 5.56 Å². The van der Waals surface area contributed by atoms with E-state index in [0.717, 1.165) is 24.3 Å². The van der Waals surface area contributed by atoms with Gasteiger partial charge in [-0.3, -0.25) is 0 Å². The summed E-state index contributed by atoms with van der Waals surface area (Å²) in [5.74, 6) is -1.19. The molecule has 0 aliphatic rings. The molecule has 2 rings (SSSR count). The van der Waals surface area contributed by atoms with Crippen LogP contribution in [0.2, 0.25) is 0 Å². The summed E-state index contributed by atoms with van der Waals surface area (Å²) in [6.07, 6.45) is -4.91. The summed E-state index contributed by atoms with van der Waals surface area (Å²) in [5, 5.41) is 16.7. The van der Waals surface area contributed by atoms with E-state index in [0.29, 0.717) is 0 Å². The molecule has 28 heavy (non-hydrogen) atoms. The van der Waals surface area contributed by atoms with Gasteiger partial charge in [0.2, 0.25) is 0 Å². The smallest absolute Gasteiger partial charge is 0.406 e. The lowest BCUT2D eigenvalue weighted by Crippen LogP contribution is -2.21. The van der Waals surface area contributed by atoms with Gasteiger partial charge in [0, 0.05) is 42.2 Å². The van der Waals surface area contributed by atoms with Crippen molar-refractivity contribution >= 4 is 23.1 Å². The summed E-state index contributed by atoms with van der Waals surface area (Å²) >= 11 is 0. The van der Waals surface area contributed by atoms with E-state index in [1.165, 1.54) is 12.1 Å². The van der Waals surface area contributed by atoms with Crippen LogP contribution in [0, 0.1) is 5.82 Å². The topological polar surface area (TPSA) is 109 Å². The molecule has 0 heterocycles. The van der Waals surface area contributed by atoms with Gasteiger partial charge in [0.15, 0.2) is 0 Å².